The third kappa shape index (κ3) is 3.85. The summed E-state index contributed by atoms with van der Waals surface area (Å²) < 4.78 is 27.1. The topological polar surface area (TPSA) is 86.4 Å². The summed E-state index contributed by atoms with van der Waals surface area (Å²) in [5.74, 6) is 0.141. The average molecular weight is 439 g/mol. The minimum atomic E-state index is -3.43. The molecule has 0 atom stereocenters. The highest BCUT2D eigenvalue weighted by atomic mass is 32.2. The number of likely N-dealkylation sites (tertiary alicyclic amines) is 1. The lowest BCUT2D eigenvalue weighted by Crippen LogP contribution is -2.29. The molecule has 5 rings (SSSR count). The van der Waals surface area contributed by atoms with Crippen molar-refractivity contribution in [2.24, 2.45) is 0 Å². The van der Waals surface area contributed by atoms with Crippen LogP contribution in [0.1, 0.15) is 31.4 Å². The van der Waals surface area contributed by atoms with Gasteiger partial charge in [-0.3, -0.25) is 4.79 Å². The van der Waals surface area contributed by atoms with E-state index in [1.807, 2.05) is 29.2 Å². The molecule has 0 aliphatic carbocycles. The second kappa shape index (κ2) is 8.09. The molecule has 0 unspecified atom stereocenters. The normalized spacial score (nSPS) is 17.6. The first-order valence-electron chi connectivity index (χ1n) is 10.9. The number of carbonyl (C=O) groups is 1. The molecule has 0 spiro atoms. The van der Waals surface area contributed by atoms with Gasteiger partial charge in [0.1, 0.15) is 5.65 Å². The maximum absolute atomic E-state index is 12.8. The summed E-state index contributed by atoms with van der Waals surface area (Å²) in [5.41, 5.74) is 3.46. The van der Waals surface area contributed by atoms with E-state index in [0.717, 1.165) is 66.6 Å². The standard InChI is InChI=1S/C23H26N4O3S/c28-22(26-11-1-2-12-26)16-18-15-21-20(9-10-24-23(21)25-18)17-5-7-19(8-6-17)31(29,30)27-13-3-4-14-27/h5-10,15H,1-4,11-14,16H2,(H,24,25). The Hall–Kier alpha value is -2.71. The second-order valence-electron chi connectivity index (χ2n) is 8.32. The molecule has 2 fully saturated rings. The van der Waals surface area contributed by atoms with E-state index in [9.17, 15) is 13.2 Å². The summed E-state index contributed by atoms with van der Waals surface area (Å²) in [6, 6.07) is 11.0. The van der Waals surface area contributed by atoms with Crippen LogP contribution in [0.5, 0.6) is 0 Å². The molecule has 2 aromatic heterocycles. The van der Waals surface area contributed by atoms with Gasteiger partial charge >= 0.3 is 0 Å². The fourth-order valence-electron chi connectivity index (χ4n) is 4.55. The largest absolute Gasteiger partial charge is 0.343 e. The molecule has 0 radical (unpaired) electrons. The van der Waals surface area contributed by atoms with E-state index in [2.05, 4.69) is 9.97 Å². The highest BCUT2D eigenvalue weighted by molar-refractivity contribution is 7.89. The van der Waals surface area contributed by atoms with Gasteiger partial charge in [0.05, 0.1) is 11.3 Å². The predicted octanol–water partition coefficient (Wildman–Crippen LogP) is 3.18. The van der Waals surface area contributed by atoms with Crippen molar-refractivity contribution in [3.05, 3.63) is 48.3 Å². The maximum atomic E-state index is 12.8. The quantitative estimate of drug-likeness (QED) is 0.663. The van der Waals surface area contributed by atoms with E-state index < -0.39 is 10.0 Å². The molecule has 31 heavy (non-hydrogen) atoms. The van der Waals surface area contributed by atoms with Gasteiger partial charge in [-0.05, 0) is 61.1 Å². The number of aromatic nitrogens is 2. The van der Waals surface area contributed by atoms with Crippen molar-refractivity contribution in [2.75, 3.05) is 26.2 Å². The molecule has 3 aromatic rings. The van der Waals surface area contributed by atoms with E-state index in [-0.39, 0.29) is 5.91 Å². The molecular formula is C23H26N4O3S. The number of fused-ring (bicyclic) bond motifs is 1. The minimum absolute atomic E-state index is 0.141. The number of pyridine rings is 1. The molecule has 4 heterocycles. The van der Waals surface area contributed by atoms with Gasteiger partial charge < -0.3 is 9.88 Å². The third-order valence-corrected chi connectivity index (χ3v) is 8.17. The minimum Gasteiger partial charge on any atom is -0.343 e. The van der Waals surface area contributed by atoms with Crippen molar-refractivity contribution >= 4 is 27.0 Å². The second-order valence-corrected chi connectivity index (χ2v) is 10.3. The van der Waals surface area contributed by atoms with Crippen LogP contribution >= 0.6 is 0 Å². The van der Waals surface area contributed by atoms with E-state index in [0.29, 0.717) is 24.4 Å². The van der Waals surface area contributed by atoms with E-state index in [1.165, 1.54) is 0 Å². The fourth-order valence-corrected chi connectivity index (χ4v) is 6.07. The Labute approximate surface area is 182 Å². The molecule has 1 amide bonds. The van der Waals surface area contributed by atoms with Gasteiger partial charge in [-0.15, -0.1) is 0 Å². The smallest absolute Gasteiger partial charge is 0.243 e. The maximum Gasteiger partial charge on any atom is 0.243 e. The molecule has 7 nitrogen and oxygen atoms in total. The molecule has 2 saturated heterocycles. The monoisotopic (exact) mass is 438 g/mol. The van der Waals surface area contributed by atoms with Crippen LogP contribution in [0, 0.1) is 0 Å². The van der Waals surface area contributed by atoms with Crippen molar-refractivity contribution in [1.82, 2.24) is 19.2 Å². The van der Waals surface area contributed by atoms with Crippen LogP contribution in [0.15, 0.2) is 47.5 Å². The summed E-state index contributed by atoms with van der Waals surface area (Å²) in [6.45, 7) is 2.87. The van der Waals surface area contributed by atoms with Crippen molar-refractivity contribution < 1.29 is 13.2 Å². The number of H-pyrrole nitrogens is 1. The Kier molecular flexibility index (Phi) is 5.27. The number of aromatic amines is 1. The number of nitrogens with zero attached hydrogens (tertiary/aromatic N) is 3. The summed E-state index contributed by atoms with van der Waals surface area (Å²) in [7, 11) is -3.43. The highest BCUT2D eigenvalue weighted by Gasteiger charge is 2.27. The number of hydrogen-bond acceptors (Lipinski definition) is 4. The number of rotatable bonds is 5. The molecule has 2 aliphatic heterocycles. The van der Waals surface area contributed by atoms with Crippen LogP contribution in [0.2, 0.25) is 0 Å². The number of amides is 1. The lowest BCUT2D eigenvalue weighted by Gasteiger charge is -2.15. The summed E-state index contributed by atoms with van der Waals surface area (Å²) in [5, 5.41) is 0.932. The van der Waals surface area contributed by atoms with Crippen LogP contribution in [0.3, 0.4) is 0 Å². The van der Waals surface area contributed by atoms with Crippen molar-refractivity contribution in [2.45, 2.75) is 37.0 Å². The van der Waals surface area contributed by atoms with Gasteiger partial charge in [0, 0.05) is 43.5 Å². The van der Waals surface area contributed by atoms with Gasteiger partial charge in [0.25, 0.3) is 0 Å². The Bertz CT molecular complexity index is 1210. The lowest BCUT2D eigenvalue weighted by molar-refractivity contribution is -0.129. The molecule has 2 aliphatic rings. The van der Waals surface area contributed by atoms with Crippen molar-refractivity contribution in [1.29, 1.82) is 0 Å². The van der Waals surface area contributed by atoms with Gasteiger partial charge in [-0.2, -0.15) is 4.31 Å². The van der Waals surface area contributed by atoms with Crippen LogP contribution in [-0.4, -0.2) is 59.7 Å². The van der Waals surface area contributed by atoms with Gasteiger partial charge in [0.15, 0.2) is 0 Å². The molecular weight excluding hydrogens is 412 g/mol. The number of nitrogens with one attached hydrogen (secondary N) is 1. The Morgan fingerprint density at radius 2 is 1.65 bits per heavy atom. The van der Waals surface area contributed by atoms with Gasteiger partial charge in [-0.1, -0.05) is 12.1 Å². The molecule has 0 saturated carbocycles. The van der Waals surface area contributed by atoms with Gasteiger partial charge in [0.2, 0.25) is 15.9 Å². The Morgan fingerprint density at radius 1 is 0.968 bits per heavy atom. The van der Waals surface area contributed by atoms with Crippen LogP contribution in [0.4, 0.5) is 0 Å². The first-order chi connectivity index (χ1) is 15.0. The third-order valence-electron chi connectivity index (χ3n) is 6.26. The first-order valence-corrected chi connectivity index (χ1v) is 12.3. The lowest BCUT2D eigenvalue weighted by atomic mass is 10.0. The SMILES string of the molecule is O=C(Cc1cc2c(-c3ccc(S(=O)(=O)N4CCCC4)cc3)ccnc2[nH]1)N1CCCC1. The first kappa shape index (κ1) is 20.2. The summed E-state index contributed by atoms with van der Waals surface area (Å²) in [6.07, 6.45) is 6.06. The highest BCUT2D eigenvalue weighted by Crippen LogP contribution is 2.30. The fraction of sp³-hybridized carbons (Fsp3) is 0.391. The van der Waals surface area contributed by atoms with Crippen LogP contribution in [0.25, 0.3) is 22.2 Å². The zero-order valence-corrected chi connectivity index (χ0v) is 18.2. The number of benzene rings is 1. The number of hydrogen-bond donors (Lipinski definition) is 1. The van der Waals surface area contributed by atoms with Crippen molar-refractivity contribution in [3.63, 3.8) is 0 Å². The van der Waals surface area contributed by atoms with Crippen LogP contribution in [-0.2, 0) is 21.2 Å². The van der Waals surface area contributed by atoms with E-state index >= 15 is 0 Å². The van der Waals surface area contributed by atoms with Crippen LogP contribution < -0.4 is 0 Å². The zero-order chi connectivity index (χ0) is 21.4. The molecule has 1 N–H and O–H groups in total. The Morgan fingerprint density at radius 3 is 2.35 bits per heavy atom. The van der Waals surface area contributed by atoms with E-state index in [1.54, 1.807) is 22.6 Å². The Balaban J connectivity index is 1.42. The predicted molar refractivity (Wildman–Crippen MR) is 119 cm³/mol. The molecule has 8 heteroatoms. The summed E-state index contributed by atoms with van der Waals surface area (Å²) in [4.78, 5) is 22.4. The molecule has 1 aromatic carbocycles. The van der Waals surface area contributed by atoms with Crippen molar-refractivity contribution in [3.8, 4) is 11.1 Å². The molecule has 0 bridgehead atoms. The molecule has 162 valence electrons. The summed E-state index contributed by atoms with van der Waals surface area (Å²) >= 11 is 0. The number of sulfonamides is 1. The average Bonchev–Trinajstić information content (AvgIpc) is 3.55. The van der Waals surface area contributed by atoms with Gasteiger partial charge in [-0.25, -0.2) is 13.4 Å². The number of carbonyl (C=O) groups excluding carboxylic acids is 1. The zero-order valence-electron chi connectivity index (χ0n) is 17.4. The van der Waals surface area contributed by atoms with E-state index in [4.69, 9.17) is 0 Å².